The van der Waals surface area contributed by atoms with Gasteiger partial charge in [0.1, 0.15) is 12.4 Å². The second kappa shape index (κ2) is 8.33. The molecule has 0 saturated heterocycles. The van der Waals surface area contributed by atoms with Crippen LogP contribution >= 0.6 is 15.9 Å². The van der Waals surface area contributed by atoms with E-state index >= 15 is 0 Å². The van der Waals surface area contributed by atoms with Crippen LogP contribution in [-0.2, 0) is 6.54 Å². The van der Waals surface area contributed by atoms with Gasteiger partial charge in [0, 0.05) is 16.6 Å². The van der Waals surface area contributed by atoms with Crippen LogP contribution in [0.25, 0.3) is 0 Å². The highest BCUT2D eigenvalue weighted by molar-refractivity contribution is 9.10. The van der Waals surface area contributed by atoms with Gasteiger partial charge in [-0.25, -0.2) is 0 Å². The third-order valence-corrected chi connectivity index (χ3v) is 2.95. The fourth-order valence-electron chi connectivity index (χ4n) is 1.56. The van der Waals surface area contributed by atoms with E-state index in [9.17, 15) is 0 Å². The SMILES string of the molecule is CC=CCOc1ccc(Br)cc1CNCC(C)C. The van der Waals surface area contributed by atoms with Gasteiger partial charge in [-0.1, -0.05) is 41.9 Å². The molecule has 100 valence electrons. The minimum absolute atomic E-state index is 0.620. The Hall–Kier alpha value is -0.800. The van der Waals surface area contributed by atoms with Gasteiger partial charge in [-0.3, -0.25) is 0 Å². The highest BCUT2D eigenvalue weighted by atomic mass is 79.9. The van der Waals surface area contributed by atoms with Crippen molar-refractivity contribution in [1.82, 2.24) is 5.32 Å². The van der Waals surface area contributed by atoms with E-state index < -0.39 is 0 Å². The van der Waals surface area contributed by atoms with Crippen LogP contribution in [0, 0.1) is 5.92 Å². The first kappa shape index (κ1) is 15.3. The molecule has 1 aromatic rings. The molecule has 0 saturated carbocycles. The van der Waals surface area contributed by atoms with Crippen LogP contribution in [0.5, 0.6) is 5.75 Å². The van der Waals surface area contributed by atoms with Crippen molar-refractivity contribution in [2.75, 3.05) is 13.2 Å². The maximum Gasteiger partial charge on any atom is 0.124 e. The summed E-state index contributed by atoms with van der Waals surface area (Å²) in [5, 5.41) is 3.44. The van der Waals surface area contributed by atoms with Crippen molar-refractivity contribution in [1.29, 1.82) is 0 Å². The van der Waals surface area contributed by atoms with Gasteiger partial charge >= 0.3 is 0 Å². The summed E-state index contributed by atoms with van der Waals surface area (Å²) in [5.74, 6) is 1.61. The van der Waals surface area contributed by atoms with Crippen LogP contribution in [0.3, 0.4) is 0 Å². The van der Waals surface area contributed by atoms with Crippen molar-refractivity contribution < 1.29 is 4.74 Å². The van der Waals surface area contributed by atoms with Gasteiger partial charge in [0.15, 0.2) is 0 Å². The predicted octanol–water partition coefficient (Wildman–Crippen LogP) is 4.15. The molecule has 0 aliphatic carbocycles. The van der Waals surface area contributed by atoms with Crippen molar-refractivity contribution in [2.45, 2.75) is 27.3 Å². The molecule has 0 spiro atoms. The Morgan fingerprint density at radius 2 is 2.17 bits per heavy atom. The molecule has 0 aliphatic heterocycles. The number of rotatable bonds is 7. The standard InChI is InChI=1S/C15H22BrNO/c1-4-5-8-18-15-7-6-14(16)9-13(15)11-17-10-12(2)3/h4-7,9,12,17H,8,10-11H2,1-3H3. The zero-order valence-corrected chi connectivity index (χ0v) is 13.0. The van der Waals surface area contributed by atoms with Crippen LogP contribution in [0.4, 0.5) is 0 Å². The van der Waals surface area contributed by atoms with Crippen LogP contribution in [-0.4, -0.2) is 13.2 Å². The highest BCUT2D eigenvalue weighted by Crippen LogP contribution is 2.23. The molecule has 2 nitrogen and oxygen atoms in total. The van der Waals surface area contributed by atoms with Gasteiger partial charge in [-0.05, 0) is 37.6 Å². The molecule has 0 atom stereocenters. The number of benzene rings is 1. The summed E-state index contributed by atoms with van der Waals surface area (Å²) in [7, 11) is 0. The topological polar surface area (TPSA) is 21.3 Å². The minimum Gasteiger partial charge on any atom is -0.489 e. The molecule has 1 aromatic carbocycles. The molecule has 18 heavy (non-hydrogen) atoms. The fourth-order valence-corrected chi connectivity index (χ4v) is 1.97. The Labute approximate surface area is 119 Å². The second-order valence-corrected chi connectivity index (χ2v) is 5.57. The summed E-state index contributed by atoms with van der Waals surface area (Å²) in [6, 6.07) is 6.13. The maximum absolute atomic E-state index is 5.74. The third-order valence-electron chi connectivity index (χ3n) is 2.46. The first-order chi connectivity index (χ1) is 8.63. The summed E-state index contributed by atoms with van der Waals surface area (Å²) in [6.07, 6.45) is 4.00. The monoisotopic (exact) mass is 311 g/mol. The van der Waals surface area contributed by atoms with E-state index in [-0.39, 0.29) is 0 Å². The summed E-state index contributed by atoms with van der Waals surface area (Å²) in [4.78, 5) is 0. The number of halogens is 1. The fraction of sp³-hybridized carbons (Fsp3) is 0.467. The lowest BCUT2D eigenvalue weighted by Crippen LogP contribution is -2.19. The molecule has 1 rings (SSSR count). The molecule has 0 heterocycles. The average molecular weight is 312 g/mol. The lowest BCUT2D eigenvalue weighted by atomic mass is 10.2. The zero-order chi connectivity index (χ0) is 13.4. The normalized spacial score (nSPS) is 11.4. The van der Waals surface area contributed by atoms with Crippen LogP contribution in [0.2, 0.25) is 0 Å². The Kier molecular flexibility index (Phi) is 7.06. The lowest BCUT2D eigenvalue weighted by Gasteiger charge is -2.12. The van der Waals surface area contributed by atoms with Gasteiger partial charge in [-0.15, -0.1) is 0 Å². The summed E-state index contributed by atoms with van der Waals surface area (Å²) >= 11 is 3.50. The van der Waals surface area contributed by atoms with Gasteiger partial charge in [0.05, 0.1) is 0 Å². The third kappa shape index (κ3) is 5.69. The number of hydrogen-bond donors (Lipinski definition) is 1. The molecule has 0 bridgehead atoms. The van der Waals surface area contributed by atoms with E-state index in [4.69, 9.17) is 4.74 Å². The Morgan fingerprint density at radius 1 is 1.39 bits per heavy atom. The zero-order valence-electron chi connectivity index (χ0n) is 11.4. The minimum atomic E-state index is 0.620. The Morgan fingerprint density at radius 3 is 2.83 bits per heavy atom. The average Bonchev–Trinajstić information content (AvgIpc) is 2.31. The molecule has 0 amide bonds. The van der Waals surface area contributed by atoms with Crippen molar-refractivity contribution in [3.8, 4) is 5.75 Å². The molecule has 0 fully saturated rings. The molecule has 3 heteroatoms. The van der Waals surface area contributed by atoms with Crippen LogP contribution in [0.1, 0.15) is 26.3 Å². The van der Waals surface area contributed by atoms with Crippen molar-refractivity contribution in [2.24, 2.45) is 5.92 Å². The largest absolute Gasteiger partial charge is 0.489 e. The predicted molar refractivity (Wildman–Crippen MR) is 81.0 cm³/mol. The van der Waals surface area contributed by atoms with E-state index in [1.807, 2.05) is 31.2 Å². The molecule has 0 aromatic heterocycles. The molecular formula is C15H22BrNO. The van der Waals surface area contributed by atoms with Gasteiger partial charge in [-0.2, -0.15) is 0 Å². The van der Waals surface area contributed by atoms with Crippen molar-refractivity contribution in [3.05, 3.63) is 40.4 Å². The number of allylic oxidation sites excluding steroid dienone is 1. The number of nitrogens with one attached hydrogen (secondary N) is 1. The van der Waals surface area contributed by atoms with Gasteiger partial charge in [0.2, 0.25) is 0 Å². The molecule has 0 radical (unpaired) electrons. The van der Waals surface area contributed by atoms with E-state index in [1.165, 1.54) is 5.56 Å². The van der Waals surface area contributed by atoms with E-state index in [1.54, 1.807) is 0 Å². The maximum atomic E-state index is 5.74. The van der Waals surface area contributed by atoms with Gasteiger partial charge in [0.25, 0.3) is 0 Å². The highest BCUT2D eigenvalue weighted by Gasteiger charge is 2.04. The van der Waals surface area contributed by atoms with E-state index in [0.29, 0.717) is 12.5 Å². The quantitative estimate of drug-likeness (QED) is 0.764. The number of ether oxygens (including phenoxy) is 1. The summed E-state index contributed by atoms with van der Waals surface area (Å²) in [5.41, 5.74) is 1.19. The van der Waals surface area contributed by atoms with Gasteiger partial charge < -0.3 is 10.1 Å². The van der Waals surface area contributed by atoms with E-state index in [0.717, 1.165) is 23.3 Å². The molecule has 0 unspecified atom stereocenters. The van der Waals surface area contributed by atoms with Crippen molar-refractivity contribution in [3.63, 3.8) is 0 Å². The Balaban J connectivity index is 2.64. The molecule has 0 aliphatic rings. The summed E-state index contributed by atoms with van der Waals surface area (Å²) < 4.78 is 6.83. The van der Waals surface area contributed by atoms with Crippen LogP contribution in [0.15, 0.2) is 34.8 Å². The molecular weight excluding hydrogens is 290 g/mol. The Bertz CT molecular complexity index is 388. The first-order valence-corrected chi connectivity index (χ1v) is 7.16. The summed E-state index contributed by atoms with van der Waals surface area (Å²) in [6.45, 7) is 8.88. The number of hydrogen-bond acceptors (Lipinski definition) is 2. The lowest BCUT2D eigenvalue weighted by molar-refractivity contribution is 0.357. The second-order valence-electron chi connectivity index (χ2n) is 4.66. The first-order valence-electron chi connectivity index (χ1n) is 6.36. The smallest absolute Gasteiger partial charge is 0.124 e. The van der Waals surface area contributed by atoms with Crippen molar-refractivity contribution >= 4 is 15.9 Å². The van der Waals surface area contributed by atoms with Crippen LogP contribution < -0.4 is 10.1 Å². The van der Waals surface area contributed by atoms with E-state index in [2.05, 4.69) is 41.2 Å². The molecule has 1 N–H and O–H groups in total.